The number of thiol groups is 1. The molecule has 13 heavy (non-hydrogen) atoms. The fourth-order valence-electron chi connectivity index (χ4n) is 1.21. The van der Waals surface area contributed by atoms with Crippen molar-refractivity contribution in [3.63, 3.8) is 0 Å². The van der Waals surface area contributed by atoms with Crippen LogP contribution in [-0.2, 0) is 0 Å². The van der Waals surface area contributed by atoms with Gasteiger partial charge in [0.1, 0.15) is 0 Å². The molecule has 0 saturated carbocycles. The highest BCUT2D eigenvalue weighted by molar-refractivity contribution is 9.10. The van der Waals surface area contributed by atoms with Crippen LogP contribution in [0.15, 0.2) is 26.9 Å². The van der Waals surface area contributed by atoms with Gasteiger partial charge in [0.25, 0.3) is 0 Å². The number of nitrogens with zero attached hydrogens (tertiary/aromatic N) is 1. The molecule has 2 rings (SSSR count). The molecule has 1 aromatic heterocycles. The molecule has 64 valence electrons. The maximum atomic E-state index is 8.90. The summed E-state index contributed by atoms with van der Waals surface area (Å²) in [4.78, 5) is 0.879. The first-order valence-corrected chi connectivity index (χ1v) is 5.64. The molecule has 0 radical (unpaired) electrons. The van der Waals surface area contributed by atoms with Crippen molar-refractivity contribution in [3.05, 3.63) is 27.5 Å². The van der Waals surface area contributed by atoms with Crippen molar-refractivity contribution < 1.29 is 0 Å². The second-order valence-electron chi connectivity index (χ2n) is 2.56. The number of hydrogen-bond donors (Lipinski definition) is 1. The molecule has 0 fully saturated rings. The minimum Gasteiger partial charge on any atom is -0.192 e. The van der Waals surface area contributed by atoms with E-state index in [1.165, 1.54) is 0 Å². The van der Waals surface area contributed by atoms with Gasteiger partial charge in [-0.1, -0.05) is 15.9 Å². The van der Waals surface area contributed by atoms with Gasteiger partial charge in [-0.25, -0.2) is 0 Å². The summed E-state index contributed by atoms with van der Waals surface area (Å²) in [5, 5.41) is 11.8. The van der Waals surface area contributed by atoms with Crippen molar-refractivity contribution in [3.8, 4) is 6.07 Å². The van der Waals surface area contributed by atoms with E-state index in [0.29, 0.717) is 5.56 Å². The van der Waals surface area contributed by atoms with E-state index in [1.807, 2.05) is 17.5 Å². The van der Waals surface area contributed by atoms with Gasteiger partial charge >= 0.3 is 0 Å². The fraction of sp³-hybridized carbons (Fsp3) is 0. The monoisotopic (exact) mass is 269 g/mol. The van der Waals surface area contributed by atoms with E-state index < -0.39 is 0 Å². The molecular formula is C9H4BrNS2. The molecule has 1 heterocycles. The zero-order valence-corrected chi connectivity index (χ0v) is 9.71. The molecule has 2 aromatic rings. The highest BCUT2D eigenvalue weighted by Gasteiger charge is 2.07. The number of fused-ring (bicyclic) bond motifs is 1. The van der Waals surface area contributed by atoms with E-state index in [1.54, 1.807) is 11.3 Å². The highest BCUT2D eigenvalue weighted by atomic mass is 79.9. The molecule has 0 N–H and O–H groups in total. The van der Waals surface area contributed by atoms with Crippen LogP contribution < -0.4 is 0 Å². The predicted octanol–water partition coefficient (Wildman–Crippen LogP) is 3.82. The number of rotatable bonds is 0. The molecule has 0 bridgehead atoms. The second-order valence-corrected chi connectivity index (χ2v) is 4.87. The van der Waals surface area contributed by atoms with Crippen molar-refractivity contribution in [2.75, 3.05) is 0 Å². The number of benzene rings is 1. The van der Waals surface area contributed by atoms with Gasteiger partial charge in [-0.3, -0.25) is 0 Å². The lowest BCUT2D eigenvalue weighted by atomic mass is 10.1. The lowest BCUT2D eigenvalue weighted by molar-refractivity contribution is 1.49. The minimum absolute atomic E-state index is 0.677. The lowest BCUT2D eigenvalue weighted by Gasteiger charge is -1.96. The van der Waals surface area contributed by atoms with Crippen molar-refractivity contribution in [1.82, 2.24) is 0 Å². The summed E-state index contributed by atoms with van der Waals surface area (Å²) in [5.41, 5.74) is 0.677. The van der Waals surface area contributed by atoms with E-state index in [-0.39, 0.29) is 0 Å². The third-order valence-corrected chi connectivity index (χ3v) is 3.66. The van der Waals surface area contributed by atoms with Crippen molar-refractivity contribution >= 4 is 50.0 Å². The van der Waals surface area contributed by atoms with Crippen LogP contribution in [0.1, 0.15) is 5.56 Å². The van der Waals surface area contributed by atoms with Gasteiger partial charge in [0.2, 0.25) is 0 Å². The van der Waals surface area contributed by atoms with Crippen molar-refractivity contribution in [2.24, 2.45) is 0 Å². The lowest BCUT2D eigenvalue weighted by Crippen LogP contribution is -1.76. The van der Waals surface area contributed by atoms with Crippen LogP contribution in [-0.4, -0.2) is 0 Å². The number of thiophene rings is 1. The van der Waals surface area contributed by atoms with Crippen LogP contribution in [0.2, 0.25) is 0 Å². The van der Waals surface area contributed by atoms with E-state index >= 15 is 0 Å². The third-order valence-electron chi connectivity index (χ3n) is 1.74. The molecule has 0 amide bonds. The second kappa shape index (κ2) is 3.33. The molecule has 1 aromatic carbocycles. The molecule has 0 atom stereocenters. The maximum Gasteiger partial charge on any atom is 0.0999 e. The van der Waals surface area contributed by atoms with E-state index in [4.69, 9.17) is 5.26 Å². The standard InChI is InChI=1S/C9H4BrNS2/c10-6-1-5(3-11)9-7(12)4-13-8(9)2-6/h1-2,4,12H. The Bertz CT molecular complexity index is 510. The zero-order valence-electron chi connectivity index (χ0n) is 6.41. The summed E-state index contributed by atoms with van der Waals surface area (Å²) < 4.78 is 2.03. The fourth-order valence-corrected chi connectivity index (χ4v) is 3.18. The van der Waals surface area contributed by atoms with Crippen molar-refractivity contribution in [1.29, 1.82) is 5.26 Å². The Kier molecular flexibility index (Phi) is 2.33. The average Bonchev–Trinajstić information content (AvgIpc) is 2.46. The molecule has 1 nitrogen and oxygen atoms in total. The van der Waals surface area contributed by atoms with Gasteiger partial charge in [0.15, 0.2) is 0 Å². The Hall–Kier alpha value is -0.500. The first-order chi connectivity index (χ1) is 6.22. The molecule has 0 aliphatic heterocycles. The first-order valence-electron chi connectivity index (χ1n) is 3.52. The average molecular weight is 270 g/mol. The highest BCUT2D eigenvalue weighted by Crippen LogP contribution is 2.33. The van der Waals surface area contributed by atoms with Crippen molar-refractivity contribution in [2.45, 2.75) is 4.90 Å². The maximum absolute atomic E-state index is 8.90. The van der Waals surface area contributed by atoms with E-state index in [2.05, 4.69) is 34.6 Å². The van der Waals surface area contributed by atoms with Gasteiger partial charge < -0.3 is 0 Å². The Morgan fingerprint density at radius 1 is 1.46 bits per heavy atom. The Balaban J connectivity index is 2.95. The topological polar surface area (TPSA) is 23.8 Å². The summed E-state index contributed by atoms with van der Waals surface area (Å²) >= 11 is 9.27. The zero-order chi connectivity index (χ0) is 9.42. The Labute approximate surface area is 93.5 Å². The summed E-state index contributed by atoms with van der Waals surface area (Å²) in [7, 11) is 0. The molecule has 0 spiro atoms. The molecular weight excluding hydrogens is 266 g/mol. The van der Waals surface area contributed by atoms with Gasteiger partial charge in [-0.05, 0) is 12.1 Å². The largest absolute Gasteiger partial charge is 0.192 e. The number of halogens is 1. The molecule has 4 heteroatoms. The normalized spacial score (nSPS) is 10.2. The van der Waals surface area contributed by atoms with Crippen LogP contribution in [0, 0.1) is 11.3 Å². The molecule has 0 aliphatic rings. The summed E-state index contributed by atoms with van der Waals surface area (Å²) in [5.74, 6) is 0. The molecule has 0 aliphatic carbocycles. The van der Waals surface area contributed by atoms with Crippen LogP contribution in [0.25, 0.3) is 10.1 Å². The third kappa shape index (κ3) is 1.48. The quantitative estimate of drug-likeness (QED) is 0.723. The van der Waals surface area contributed by atoms with E-state index in [9.17, 15) is 0 Å². The summed E-state index contributed by atoms with van der Waals surface area (Å²) in [6.07, 6.45) is 0. The minimum atomic E-state index is 0.677. The Morgan fingerprint density at radius 2 is 2.23 bits per heavy atom. The summed E-state index contributed by atoms with van der Waals surface area (Å²) in [6, 6.07) is 5.98. The Morgan fingerprint density at radius 3 is 2.92 bits per heavy atom. The van der Waals surface area contributed by atoms with Crippen LogP contribution in [0.5, 0.6) is 0 Å². The summed E-state index contributed by atoms with van der Waals surface area (Å²) in [6.45, 7) is 0. The molecule has 0 unspecified atom stereocenters. The first kappa shape index (κ1) is 9.07. The van der Waals surface area contributed by atoms with Gasteiger partial charge in [-0.15, -0.1) is 24.0 Å². The van der Waals surface area contributed by atoms with E-state index in [0.717, 1.165) is 19.5 Å². The van der Waals surface area contributed by atoms with Crippen LogP contribution in [0.3, 0.4) is 0 Å². The molecule has 0 saturated heterocycles. The number of hydrogen-bond acceptors (Lipinski definition) is 3. The predicted molar refractivity (Wildman–Crippen MR) is 61.5 cm³/mol. The number of nitriles is 1. The van der Waals surface area contributed by atoms with Crippen LogP contribution in [0.4, 0.5) is 0 Å². The van der Waals surface area contributed by atoms with Crippen LogP contribution >= 0.6 is 39.9 Å². The van der Waals surface area contributed by atoms with Gasteiger partial charge in [0, 0.05) is 24.8 Å². The SMILES string of the molecule is N#Cc1cc(Br)cc2scc(S)c12. The van der Waals surface area contributed by atoms with Gasteiger partial charge in [0.05, 0.1) is 11.6 Å². The van der Waals surface area contributed by atoms with Gasteiger partial charge in [-0.2, -0.15) is 5.26 Å². The smallest absolute Gasteiger partial charge is 0.0999 e.